The number of allylic oxidation sites excluding steroid dienone is 1. The van der Waals surface area contributed by atoms with Crippen LogP contribution < -0.4 is 9.47 Å². The molecule has 0 bridgehead atoms. The minimum atomic E-state index is -0.372. The molecule has 0 radical (unpaired) electrons. The Morgan fingerprint density at radius 1 is 1.17 bits per heavy atom. The standard InChI is InChI=1S/C23H30O6/c1-15-8-10-23(29-15)11-9-16(14-27-23)6-4-5-7-19-18-12-17(25-2)13-20(26-3)21(18)22(24)28-19/h12-15,19H,4-11H2,1-3H3/t15-,19-,23?/m1/s1. The normalized spacial score (nSPS) is 28.0. The van der Waals surface area contributed by atoms with E-state index >= 15 is 0 Å². The molecular weight excluding hydrogens is 372 g/mol. The van der Waals surface area contributed by atoms with Crippen LogP contribution in [-0.4, -0.2) is 32.1 Å². The summed E-state index contributed by atoms with van der Waals surface area (Å²) < 4.78 is 28.3. The van der Waals surface area contributed by atoms with Crippen LogP contribution in [0.2, 0.25) is 0 Å². The zero-order valence-corrected chi connectivity index (χ0v) is 17.5. The summed E-state index contributed by atoms with van der Waals surface area (Å²) in [4.78, 5) is 12.3. The number of benzene rings is 1. The molecule has 0 aliphatic carbocycles. The van der Waals surface area contributed by atoms with E-state index in [1.807, 2.05) is 12.3 Å². The van der Waals surface area contributed by atoms with Gasteiger partial charge in [0.2, 0.25) is 5.79 Å². The van der Waals surface area contributed by atoms with Gasteiger partial charge in [-0.15, -0.1) is 0 Å². The molecule has 3 heterocycles. The van der Waals surface area contributed by atoms with Gasteiger partial charge in [-0.2, -0.15) is 0 Å². The van der Waals surface area contributed by atoms with Gasteiger partial charge in [0.25, 0.3) is 0 Å². The van der Waals surface area contributed by atoms with E-state index in [1.165, 1.54) is 5.57 Å². The second kappa shape index (κ2) is 8.27. The molecule has 0 N–H and O–H groups in total. The molecule has 158 valence electrons. The maximum atomic E-state index is 12.3. The van der Waals surface area contributed by atoms with Crippen LogP contribution >= 0.6 is 0 Å². The van der Waals surface area contributed by atoms with Crippen molar-refractivity contribution in [1.29, 1.82) is 0 Å². The topological polar surface area (TPSA) is 63.2 Å². The Labute approximate surface area is 172 Å². The number of carbonyl (C=O) groups excluding carboxylic acids is 1. The Kier molecular flexibility index (Phi) is 5.72. The van der Waals surface area contributed by atoms with Crippen molar-refractivity contribution in [2.75, 3.05) is 14.2 Å². The fourth-order valence-electron chi connectivity index (χ4n) is 4.53. The van der Waals surface area contributed by atoms with E-state index in [2.05, 4.69) is 6.92 Å². The van der Waals surface area contributed by atoms with Crippen molar-refractivity contribution in [3.63, 3.8) is 0 Å². The number of cyclic esters (lactones) is 1. The zero-order chi connectivity index (χ0) is 20.4. The molecule has 4 rings (SSSR count). The Morgan fingerprint density at radius 3 is 2.69 bits per heavy atom. The summed E-state index contributed by atoms with van der Waals surface area (Å²) in [5.41, 5.74) is 2.73. The van der Waals surface area contributed by atoms with Crippen LogP contribution in [0.5, 0.6) is 11.5 Å². The lowest BCUT2D eigenvalue weighted by molar-refractivity contribution is -0.203. The molecule has 6 heteroatoms. The molecule has 0 amide bonds. The molecule has 3 aliphatic rings. The van der Waals surface area contributed by atoms with Gasteiger partial charge in [0, 0.05) is 24.5 Å². The Morgan fingerprint density at radius 2 is 2.03 bits per heavy atom. The van der Waals surface area contributed by atoms with Crippen molar-refractivity contribution in [1.82, 2.24) is 0 Å². The lowest BCUT2D eigenvalue weighted by atomic mass is 9.95. The number of methoxy groups -OCH3 is 2. The number of rotatable bonds is 7. The van der Waals surface area contributed by atoms with E-state index in [0.717, 1.165) is 56.9 Å². The lowest BCUT2D eigenvalue weighted by Gasteiger charge is -2.32. The van der Waals surface area contributed by atoms with Gasteiger partial charge in [0.1, 0.15) is 23.2 Å². The highest BCUT2D eigenvalue weighted by Gasteiger charge is 2.41. The summed E-state index contributed by atoms with van der Waals surface area (Å²) in [6.07, 6.45) is 9.78. The van der Waals surface area contributed by atoms with E-state index in [9.17, 15) is 4.79 Å². The van der Waals surface area contributed by atoms with Crippen LogP contribution in [0.25, 0.3) is 0 Å². The first-order valence-corrected chi connectivity index (χ1v) is 10.5. The SMILES string of the molecule is COc1cc(OC)c2c(c1)[C@@H](CCCCC1=COC3(CC1)CC[C@@H](C)O3)OC2=O. The minimum Gasteiger partial charge on any atom is -0.497 e. The van der Waals surface area contributed by atoms with Gasteiger partial charge in [-0.3, -0.25) is 0 Å². The highest BCUT2D eigenvalue weighted by molar-refractivity contribution is 5.97. The third-order valence-electron chi connectivity index (χ3n) is 6.19. The summed E-state index contributed by atoms with van der Waals surface area (Å²) >= 11 is 0. The van der Waals surface area contributed by atoms with Gasteiger partial charge in [-0.25, -0.2) is 4.79 Å². The third kappa shape index (κ3) is 4.08. The van der Waals surface area contributed by atoms with E-state index in [4.69, 9.17) is 23.7 Å². The molecule has 29 heavy (non-hydrogen) atoms. The molecule has 3 aliphatic heterocycles. The fourth-order valence-corrected chi connectivity index (χ4v) is 4.53. The molecule has 1 spiro atoms. The molecule has 1 aromatic carbocycles. The molecule has 3 atom stereocenters. The van der Waals surface area contributed by atoms with Gasteiger partial charge in [0.05, 0.1) is 26.6 Å². The minimum absolute atomic E-state index is 0.241. The predicted molar refractivity (Wildman–Crippen MR) is 107 cm³/mol. The first-order chi connectivity index (χ1) is 14.0. The van der Waals surface area contributed by atoms with E-state index in [-0.39, 0.29) is 17.9 Å². The van der Waals surface area contributed by atoms with Crippen LogP contribution in [0.1, 0.15) is 80.3 Å². The maximum absolute atomic E-state index is 12.3. The van der Waals surface area contributed by atoms with Gasteiger partial charge < -0.3 is 23.7 Å². The number of hydrogen-bond donors (Lipinski definition) is 0. The van der Waals surface area contributed by atoms with Crippen molar-refractivity contribution in [3.8, 4) is 11.5 Å². The molecule has 1 fully saturated rings. The van der Waals surface area contributed by atoms with E-state index in [0.29, 0.717) is 23.2 Å². The first-order valence-electron chi connectivity index (χ1n) is 10.5. The molecule has 0 aromatic heterocycles. The van der Waals surface area contributed by atoms with Crippen molar-refractivity contribution in [3.05, 3.63) is 35.1 Å². The Hall–Kier alpha value is -2.21. The average Bonchev–Trinajstić information content (AvgIpc) is 3.25. The summed E-state index contributed by atoms with van der Waals surface area (Å²) in [7, 11) is 3.16. The van der Waals surface area contributed by atoms with Gasteiger partial charge in [-0.1, -0.05) is 0 Å². The summed E-state index contributed by atoms with van der Waals surface area (Å²) in [5, 5.41) is 0. The predicted octanol–water partition coefficient (Wildman–Crippen LogP) is 5.07. The monoisotopic (exact) mass is 402 g/mol. The third-order valence-corrected chi connectivity index (χ3v) is 6.19. The van der Waals surface area contributed by atoms with Crippen LogP contribution in [0.15, 0.2) is 24.0 Å². The molecule has 0 saturated carbocycles. The number of fused-ring (bicyclic) bond motifs is 1. The molecular formula is C23H30O6. The number of unbranched alkanes of at least 4 members (excludes halogenated alkanes) is 1. The summed E-state index contributed by atoms with van der Waals surface area (Å²) in [5.74, 6) is 0.492. The smallest absolute Gasteiger partial charge is 0.342 e. The van der Waals surface area contributed by atoms with Gasteiger partial charge >= 0.3 is 5.97 Å². The van der Waals surface area contributed by atoms with Crippen molar-refractivity contribution in [2.45, 2.75) is 76.3 Å². The van der Waals surface area contributed by atoms with Crippen LogP contribution in [0.3, 0.4) is 0 Å². The van der Waals surface area contributed by atoms with Gasteiger partial charge in [0.15, 0.2) is 0 Å². The average molecular weight is 402 g/mol. The summed E-state index contributed by atoms with van der Waals surface area (Å²) in [6.45, 7) is 2.11. The lowest BCUT2D eigenvalue weighted by Crippen LogP contribution is -2.33. The Bertz CT molecular complexity index is 801. The zero-order valence-electron chi connectivity index (χ0n) is 17.5. The van der Waals surface area contributed by atoms with Crippen LogP contribution in [0, 0.1) is 0 Å². The molecule has 1 saturated heterocycles. The Balaban J connectivity index is 1.30. The van der Waals surface area contributed by atoms with E-state index in [1.54, 1.807) is 20.3 Å². The van der Waals surface area contributed by atoms with E-state index < -0.39 is 0 Å². The number of ether oxygens (including phenoxy) is 5. The highest BCUT2D eigenvalue weighted by atomic mass is 16.7. The van der Waals surface area contributed by atoms with Crippen LogP contribution in [0.4, 0.5) is 0 Å². The second-order valence-corrected chi connectivity index (χ2v) is 8.21. The molecule has 1 unspecified atom stereocenters. The summed E-state index contributed by atoms with van der Waals surface area (Å²) in [6, 6.07) is 3.60. The molecule has 6 nitrogen and oxygen atoms in total. The van der Waals surface area contributed by atoms with Crippen molar-refractivity contribution >= 4 is 5.97 Å². The first kappa shape index (κ1) is 20.1. The van der Waals surface area contributed by atoms with Crippen LogP contribution in [-0.2, 0) is 14.2 Å². The largest absolute Gasteiger partial charge is 0.497 e. The highest BCUT2D eigenvalue weighted by Crippen LogP contribution is 2.43. The number of esters is 1. The fraction of sp³-hybridized carbons (Fsp3) is 0.609. The molecule has 1 aromatic rings. The van der Waals surface area contributed by atoms with Crippen molar-refractivity contribution < 1.29 is 28.5 Å². The number of carbonyl (C=O) groups is 1. The quantitative estimate of drug-likeness (QED) is 0.469. The maximum Gasteiger partial charge on any atom is 0.342 e. The van der Waals surface area contributed by atoms with Gasteiger partial charge in [-0.05, 0) is 57.1 Å². The number of hydrogen-bond acceptors (Lipinski definition) is 6. The second-order valence-electron chi connectivity index (χ2n) is 8.21. The van der Waals surface area contributed by atoms with Crippen molar-refractivity contribution in [2.24, 2.45) is 0 Å².